The van der Waals surface area contributed by atoms with Gasteiger partial charge in [-0.05, 0) is 5.21 Å². The Morgan fingerprint density at radius 2 is 2.33 bits per heavy atom. The van der Waals surface area contributed by atoms with E-state index in [9.17, 15) is 18.0 Å². The first-order valence-corrected chi connectivity index (χ1v) is 6.07. The van der Waals surface area contributed by atoms with Gasteiger partial charge >= 0.3 is 10.3 Å². The molecule has 11 nitrogen and oxygen atoms in total. The first kappa shape index (κ1) is 12.4. The molecule has 18 heavy (non-hydrogen) atoms. The van der Waals surface area contributed by atoms with Gasteiger partial charge in [-0.3, -0.25) is 14.1 Å². The summed E-state index contributed by atoms with van der Waals surface area (Å²) in [6, 6.07) is -0.969. The Labute approximate surface area is 101 Å². The van der Waals surface area contributed by atoms with Crippen LogP contribution in [0.3, 0.4) is 0 Å². The number of amides is 2. The first-order valence-electron chi connectivity index (χ1n) is 4.67. The van der Waals surface area contributed by atoms with E-state index in [1.54, 1.807) is 0 Å². The van der Waals surface area contributed by atoms with Gasteiger partial charge in [0.1, 0.15) is 12.6 Å². The predicted octanol–water partition coefficient (Wildman–Crippen LogP) is -3.20. The minimum Gasteiger partial charge on any atom is -0.341 e. The van der Waals surface area contributed by atoms with Gasteiger partial charge in [0.2, 0.25) is 5.91 Å². The highest BCUT2D eigenvalue weighted by Gasteiger charge is 2.44. The maximum atomic E-state index is 11.4. The van der Waals surface area contributed by atoms with Crippen molar-refractivity contribution in [1.82, 2.24) is 29.8 Å². The number of tetrazole rings is 1. The van der Waals surface area contributed by atoms with Gasteiger partial charge < -0.3 is 5.32 Å². The summed E-state index contributed by atoms with van der Waals surface area (Å²) in [5, 5.41) is 12.7. The molecular weight excluding hydrogens is 268 g/mol. The predicted molar refractivity (Wildman–Crippen MR) is 53.0 cm³/mol. The number of aromatic nitrogens is 4. The molecule has 2 N–H and O–H groups in total. The summed E-state index contributed by atoms with van der Waals surface area (Å²) in [4.78, 5) is 23.7. The third-order valence-corrected chi connectivity index (χ3v) is 3.07. The highest BCUT2D eigenvalue weighted by atomic mass is 32.2. The van der Waals surface area contributed by atoms with Gasteiger partial charge in [0, 0.05) is 0 Å². The van der Waals surface area contributed by atoms with E-state index < -0.39 is 28.2 Å². The van der Waals surface area contributed by atoms with E-state index in [4.69, 9.17) is 4.55 Å². The zero-order chi connectivity index (χ0) is 13.3. The van der Waals surface area contributed by atoms with Crippen LogP contribution >= 0.6 is 0 Å². The van der Waals surface area contributed by atoms with E-state index in [1.165, 1.54) is 0 Å². The molecule has 1 aromatic heterocycles. The first-order chi connectivity index (χ1) is 8.38. The van der Waals surface area contributed by atoms with Crippen LogP contribution in [0.15, 0.2) is 6.33 Å². The van der Waals surface area contributed by atoms with Crippen LogP contribution in [-0.2, 0) is 26.4 Å². The molecule has 12 heteroatoms. The second-order valence-corrected chi connectivity index (χ2v) is 4.77. The normalized spacial score (nSPS) is 19.5. The molecule has 0 aromatic carbocycles. The summed E-state index contributed by atoms with van der Waals surface area (Å²) in [6.07, 6.45) is 1.14. The van der Waals surface area contributed by atoms with Crippen LogP contribution in [0.4, 0.5) is 0 Å². The molecule has 1 atom stereocenters. The standard InChI is InChI=1S/C6H8N6O5S/c13-5(2-12-8-3-7-10-12)9-4-1-11(6(4)14)18(15,16)17/h3-4H,1-2H2,(H,9,13)(H,15,16,17). The third kappa shape index (κ3) is 2.43. The van der Waals surface area contributed by atoms with Crippen molar-refractivity contribution in [2.24, 2.45) is 0 Å². The second-order valence-electron chi connectivity index (χ2n) is 3.43. The molecular formula is C6H8N6O5S. The summed E-state index contributed by atoms with van der Waals surface area (Å²) in [5.41, 5.74) is 0. The van der Waals surface area contributed by atoms with E-state index >= 15 is 0 Å². The molecule has 1 fully saturated rings. The molecule has 2 rings (SSSR count). The zero-order valence-corrected chi connectivity index (χ0v) is 9.61. The summed E-state index contributed by atoms with van der Waals surface area (Å²) >= 11 is 0. The van der Waals surface area contributed by atoms with Crippen LogP contribution in [0, 0.1) is 0 Å². The highest BCUT2D eigenvalue weighted by Crippen LogP contribution is 2.13. The van der Waals surface area contributed by atoms with Gasteiger partial charge in [0.15, 0.2) is 6.33 Å². The van der Waals surface area contributed by atoms with Crippen LogP contribution in [0.5, 0.6) is 0 Å². The lowest BCUT2D eigenvalue weighted by Gasteiger charge is -2.35. The van der Waals surface area contributed by atoms with Crippen LogP contribution in [0.25, 0.3) is 0 Å². The van der Waals surface area contributed by atoms with Crippen molar-refractivity contribution in [2.45, 2.75) is 12.6 Å². The Morgan fingerprint density at radius 1 is 1.61 bits per heavy atom. The van der Waals surface area contributed by atoms with E-state index in [-0.39, 0.29) is 17.4 Å². The van der Waals surface area contributed by atoms with Crippen LogP contribution in [0.1, 0.15) is 0 Å². The molecule has 2 amide bonds. The Morgan fingerprint density at radius 3 is 2.83 bits per heavy atom. The summed E-state index contributed by atoms with van der Waals surface area (Å²) in [7, 11) is -4.54. The topological polar surface area (TPSA) is 147 Å². The fourth-order valence-corrected chi connectivity index (χ4v) is 2.03. The fourth-order valence-electron chi connectivity index (χ4n) is 1.34. The van der Waals surface area contributed by atoms with Gasteiger partial charge in [0.05, 0.1) is 6.54 Å². The van der Waals surface area contributed by atoms with Crippen molar-refractivity contribution in [3.05, 3.63) is 6.33 Å². The number of β-lactam (4-membered cyclic amide) rings is 1. The fraction of sp³-hybridized carbons (Fsp3) is 0.500. The minimum absolute atomic E-state index is 0.240. The Balaban J connectivity index is 1.86. The third-order valence-electron chi connectivity index (χ3n) is 2.18. The Hall–Kier alpha value is -2.08. The van der Waals surface area contributed by atoms with Crippen molar-refractivity contribution < 1.29 is 22.6 Å². The molecule has 1 saturated heterocycles. The van der Waals surface area contributed by atoms with Crippen molar-refractivity contribution in [1.29, 1.82) is 0 Å². The van der Waals surface area contributed by atoms with Crippen LogP contribution in [-0.4, -0.2) is 61.9 Å². The van der Waals surface area contributed by atoms with E-state index in [0.29, 0.717) is 0 Å². The van der Waals surface area contributed by atoms with Crippen molar-refractivity contribution in [3.8, 4) is 0 Å². The molecule has 98 valence electrons. The molecule has 1 aliphatic rings. The number of carbonyl (C=O) groups is 2. The SMILES string of the molecule is O=C(Cn1ncnn1)NC1CN(S(=O)(=O)O)C1=O. The number of nitrogens with one attached hydrogen (secondary N) is 1. The molecule has 0 radical (unpaired) electrons. The van der Waals surface area contributed by atoms with Crippen LogP contribution in [0.2, 0.25) is 0 Å². The number of nitrogens with zero attached hydrogens (tertiary/aromatic N) is 5. The molecule has 1 aromatic rings. The van der Waals surface area contributed by atoms with Gasteiger partial charge in [0.25, 0.3) is 5.91 Å². The van der Waals surface area contributed by atoms with Crippen LogP contribution < -0.4 is 5.32 Å². The zero-order valence-electron chi connectivity index (χ0n) is 8.79. The van der Waals surface area contributed by atoms with Crippen molar-refractivity contribution in [3.63, 3.8) is 0 Å². The van der Waals surface area contributed by atoms with Gasteiger partial charge in [-0.1, -0.05) is 0 Å². The average Bonchev–Trinajstić information content (AvgIpc) is 2.74. The van der Waals surface area contributed by atoms with E-state index in [2.05, 4.69) is 20.7 Å². The molecule has 1 unspecified atom stereocenters. The number of hydrogen-bond donors (Lipinski definition) is 2. The number of rotatable bonds is 4. The van der Waals surface area contributed by atoms with Crippen molar-refractivity contribution in [2.75, 3.05) is 6.54 Å². The molecule has 0 spiro atoms. The average molecular weight is 276 g/mol. The summed E-state index contributed by atoms with van der Waals surface area (Å²) < 4.78 is 30.1. The Kier molecular flexibility index (Phi) is 2.96. The summed E-state index contributed by atoms with van der Waals surface area (Å²) in [6.45, 7) is -0.538. The van der Waals surface area contributed by atoms with E-state index in [0.717, 1.165) is 11.1 Å². The maximum absolute atomic E-state index is 11.4. The second kappa shape index (κ2) is 4.30. The summed E-state index contributed by atoms with van der Waals surface area (Å²) in [5.74, 6) is -1.46. The smallest absolute Gasteiger partial charge is 0.341 e. The molecule has 1 aliphatic heterocycles. The monoisotopic (exact) mass is 276 g/mol. The van der Waals surface area contributed by atoms with Gasteiger partial charge in [-0.2, -0.15) is 13.2 Å². The lowest BCUT2D eigenvalue weighted by atomic mass is 10.1. The quantitative estimate of drug-likeness (QED) is 0.431. The van der Waals surface area contributed by atoms with Crippen molar-refractivity contribution >= 4 is 22.1 Å². The lowest BCUT2D eigenvalue weighted by molar-refractivity contribution is -0.140. The lowest BCUT2D eigenvalue weighted by Crippen LogP contribution is -2.65. The molecule has 2 heterocycles. The molecule has 0 aliphatic carbocycles. The maximum Gasteiger partial charge on any atom is 0.362 e. The van der Waals surface area contributed by atoms with E-state index in [1.807, 2.05) is 0 Å². The highest BCUT2D eigenvalue weighted by molar-refractivity contribution is 7.84. The Bertz CT molecular complexity index is 567. The minimum atomic E-state index is -4.54. The number of carbonyl (C=O) groups excluding carboxylic acids is 2. The van der Waals surface area contributed by atoms with Gasteiger partial charge in [-0.15, -0.1) is 10.2 Å². The number of hydrogen-bond acceptors (Lipinski definition) is 7. The molecule has 0 bridgehead atoms. The van der Waals surface area contributed by atoms with Gasteiger partial charge in [-0.25, -0.2) is 4.31 Å². The largest absolute Gasteiger partial charge is 0.362 e. The molecule has 0 saturated carbocycles.